The minimum atomic E-state index is -4.23. The maximum absolute atomic E-state index is 14.8. The summed E-state index contributed by atoms with van der Waals surface area (Å²) in [5.74, 6) is -0.759. The molecule has 0 spiro atoms. The molecule has 2 amide bonds. The van der Waals surface area contributed by atoms with Crippen LogP contribution in [0.15, 0.2) is 106 Å². The quantitative estimate of drug-likeness (QED) is 0.159. The van der Waals surface area contributed by atoms with E-state index in [1.165, 1.54) is 17.0 Å². The van der Waals surface area contributed by atoms with Crippen molar-refractivity contribution in [1.82, 2.24) is 10.2 Å². The van der Waals surface area contributed by atoms with Gasteiger partial charge in [0.05, 0.1) is 10.6 Å². The van der Waals surface area contributed by atoms with E-state index in [0.717, 1.165) is 57.6 Å². The highest BCUT2D eigenvalue weighted by Gasteiger charge is 2.36. The lowest BCUT2D eigenvalue weighted by Crippen LogP contribution is -2.55. The van der Waals surface area contributed by atoms with Gasteiger partial charge in [-0.1, -0.05) is 113 Å². The number of carbonyl (C=O) groups is 2. The first-order chi connectivity index (χ1) is 23.0. The average molecular weight is 751 g/mol. The van der Waals surface area contributed by atoms with Crippen molar-refractivity contribution in [3.63, 3.8) is 0 Å². The highest BCUT2D eigenvalue weighted by Crippen LogP contribution is 2.30. The summed E-state index contributed by atoms with van der Waals surface area (Å²) in [5.41, 5.74) is 3.53. The Morgan fingerprint density at radius 3 is 2.25 bits per heavy atom. The SMILES string of the molecule is Cc1ccc(S(=O)(=O)N(CC(=O)N(Cc2cccc(Br)c2)[C@H](Cc2ccccc2)C(=O)NC2CCCCC2)c2cc(Cl)ccc2C)cc1. The van der Waals surface area contributed by atoms with Gasteiger partial charge in [0.2, 0.25) is 11.8 Å². The summed E-state index contributed by atoms with van der Waals surface area (Å²) in [4.78, 5) is 30.6. The van der Waals surface area contributed by atoms with E-state index in [1.54, 1.807) is 37.3 Å². The first-order valence-electron chi connectivity index (χ1n) is 16.2. The van der Waals surface area contributed by atoms with Gasteiger partial charge in [-0.2, -0.15) is 0 Å². The number of nitrogens with zero attached hydrogens (tertiary/aromatic N) is 2. The second-order valence-corrected chi connectivity index (χ2v) is 15.7. The van der Waals surface area contributed by atoms with Crippen LogP contribution in [-0.4, -0.2) is 43.8 Å². The van der Waals surface area contributed by atoms with Gasteiger partial charge < -0.3 is 10.2 Å². The summed E-state index contributed by atoms with van der Waals surface area (Å²) >= 11 is 9.93. The van der Waals surface area contributed by atoms with E-state index in [-0.39, 0.29) is 29.8 Å². The van der Waals surface area contributed by atoms with Crippen LogP contribution in [0.4, 0.5) is 5.69 Å². The second kappa shape index (κ2) is 16.2. The zero-order valence-corrected chi connectivity index (χ0v) is 30.4. The normalized spacial score (nSPS) is 14.2. The molecule has 7 nitrogen and oxygen atoms in total. The van der Waals surface area contributed by atoms with Crippen molar-refractivity contribution < 1.29 is 18.0 Å². The van der Waals surface area contributed by atoms with E-state index in [2.05, 4.69) is 21.2 Å². The van der Waals surface area contributed by atoms with Gasteiger partial charge in [0.25, 0.3) is 10.0 Å². The van der Waals surface area contributed by atoms with Crippen LogP contribution in [0.1, 0.15) is 54.4 Å². The van der Waals surface area contributed by atoms with Crippen LogP contribution in [0.5, 0.6) is 0 Å². The Balaban J connectivity index is 1.59. The fourth-order valence-electron chi connectivity index (χ4n) is 6.13. The Labute approximate surface area is 297 Å². The standard InChI is InChI=1S/C38H41BrClN3O4S/c1-27-16-20-34(21-17-27)48(46,47)43(35-24-32(40)19-18-28(35)2)26-37(44)42(25-30-12-9-13-31(39)22-30)36(23-29-10-5-3-6-11-29)38(45)41-33-14-7-4-8-15-33/h3,5-6,9-13,16-22,24,33,36H,4,7-8,14-15,23,25-26H2,1-2H3,(H,41,45)/t36-/m1/s1. The predicted octanol–water partition coefficient (Wildman–Crippen LogP) is 8.00. The van der Waals surface area contributed by atoms with Crippen molar-refractivity contribution in [3.05, 3.63) is 129 Å². The first-order valence-corrected chi connectivity index (χ1v) is 18.9. The number of anilines is 1. The van der Waals surface area contributed by atoms with Crippen LogP contribution in [0.2, 0.25) is 5.02 Å². The summed E-state index contributed by atoms with van der Waals surface area (Å²) in [6.07, 6.45) is 5.27. The number of hydrogen-bond donors (Lipinski definition) is 1. The van der Waals surface area contributed by atoms with Crippen molar-refractivity contribution in [2.45, 2.75) is 75.9 Å². The number of carbonyl (C=O) groups excluding carboxylic acids is 2. The maximum atomic E-state index is 14.8. The second-order valence-electron chi connectivity index (χ2n) is 12.5. The van der Waals surface area contributed by atoms with Crippen LogP contribution in [0.25, 0.3) is 0 Å². The molecule has 0 heterocycles. The number of halogens is 2. The van der Waals surface area contributed by atoms with E-state index < -0.39 is 28.5 Å². The Hall–Kier alpha value is -3.66. The molecule has 1 atom stereocenters. The van der Waals surface area contributed by atoms with Crippen LogP contribution < -0.4 is 9.62 Å². The predicted molar refractivity (Wildman–Crippen MR) is 196 cm³/mol. The third-order valence-corrected chi connectivity index (χ3v) is 11.3. The molecule has 5 rings (SSSR count). The lowest BCUT2D eigenvalue weighted by atomic mass is 9.94. The van der Waals surface area contributed by atoms with Gasteiger partial charge >= 0.3 is 0 Å². The van der Waals surface area contributed by atoms with Gasteiger partial charge in [-0.3, -0.25) is 13.9 Å². The number of rotatable bonds is 12. The van der Waals surface area contributed by atoms with E-state index >= 15 is 0 Å². The molecule has 10 heteroatoms. The molecule has 1 N–H and O–H groups in total. The van der Waals surface area contributed by atoms with E-state index in [0.29, 0.717) is 16.3 Å². The fraction of sp³-hybridized carbons (Fsp3) is 0.316. The molecule has 0 radical (unpaired) electrons. The third kappa shape index (κ3) is 9.07. The molecule has 0 saturated heterocycles. The molecule has 0 unspecified atom stereocenters. The van der Waals surface area contributed by atoms with Gasteiger partial charge in [0.15, 0.2) is 0 Å². The van der Waals surface area contributed by atoms with Crippen LogP contribution in [-0.2, 0) is 32.6 Å². The van der Waals surface area contributed by atoms with Crippen molar-refractivity contribution in [2.24, 2.45) is 0 Å². The molecule has 0 aromatic heterocycles. The van der Waals surface area contributed by atoms with Crippen LogP contribution in [0.3, 0.4) is 0 Å². The summed E-state index contributed by atoms with van der Waals surface area (Å²) in [6, 6.07) is 27.8. The molecule has 48 heavy (non-hydrogen) atoms. The number of hydrogen-bond acceptors (Lipinski definition) is 4. The fourth-order valence-corrected chi connectivity index (χ4v) is 8.22. The molecule has 1 fully saturated rings. The molecular weight excluding hydrogens is 710 g/mol. The zero-order valence-electron chi connectivity index (χ0n) is 27.2. The van der Waals surface area contributed by atoms with Gasteiger partial charge in [0.1, 0.15) is 12.6 Å². The Morgan fingerprint density at radius 2 is 1.56 bits per heavy atom. The molecule has 4 aromatic carbocycles. The molecule has 252 valence electrons. The molecule has 1 aliphatic rings. The Bertz CT molecular complexity index is 1830. The maximum Gasteiger partial charge on any atom is 0.264 e. The summed E-state index contributed by atoms with van der Waals surface area (Å²) in [7, 11) is -4.23. The number of sulfonamides is 1. The molecular formula is C38H41BrClN3O4S. The van der Waals surface area contributed by atoms with Gasteiger partial charge in [-0.25, -0.2) is 8.42 Å². The first kappa shape index (κ1) is 35.6. The van der Waals surface area contributed by atoms with Crippen molar-refractivity contribution in [1.29, 1.82) is 0 Å². The summed E-state index contributed by atoms with van der Waals surface area (Å²) < 4.78 is 30.7. The lowest BCUT2D eigenvalue weighted by molar-refractivity contribution is -0.140. The Morgan fingerprint density at radius 1 is 0.875 bits per heavy atom. The van der Waals surface area contributed by atoms with Crippen molar-refractivity contribution in [2.75, 3.05) is 10.8 Å². The largest absolute Gasteiger partial charge is 0.352 e. The minimum absolute atomic E-state index is 0.0277. The smallest absolute Gasteiger partial charge is 0.264 e. The van der Waals surface area contributed by atoms with Crippen molar-refractivity contribution >= 4 is 55.1 Å². The number of benzene rings is 4. The average Bonchev–Trinajstić information content (AvgIpc) is 3.07. The number of amides is 2. The molecule has 0 bridgehead atoms. The van der Waals surface area contributed by atoms with Gasteiger partial charge in [0, 0.05) is 28.5 Å². The van der Waals surface area contributed by atoms with E-state index in [4.69, 9.17) is 11.6 Å². The van der Waals surface area contributed by atoms with Crippen LogP contribution in [0, 0.1) is 13.8 Å². The third-order valence-electron chi connectivity index (χ3n) is 8.79. The highest BCUT2D eigenvalue weighted by molar-refractivity contribution is 9.10. The Kier molecular flexibility index (Phi) is 12.0. The molecule has 1 aliphatic carbocycles. The van der Waals surface area contributed by atoms with Gasteiger partial charge in [-0.15, -0.1) is 0 Å². The summed E-state index contributed by atoms with van der Waals surface area (Å²) in [5, 5.41) is 3.58. The topological polar surface area (TPSA) is 86.8 Å². The monoisotopic (exact) mass is 749 g/mol. The molecule has 0 aliphatic heterocycles. The van der Waals surface area contributed by atoms with Crippen LogP contribution >= 0.6 is 27.5 Å². The number of aryl methyl sites for hydroxylation is 2. The lowest BCUT2D eigenvalue weighted by Gasteiger charge is -2.35. The van der Waals surface area contributed by atoms with Crippen molar-refractivity contribution in [3.8, 4) is 0 Å². The van der Waals surface area contributed by atoms with E-state index in [9.17, 15) is 18.0 Å². The summed E-state index contributed by atoms with van der Waals surface area (Å²) in [6.45, 7) is 3.22. The zero-order chi connectivity index (χ0) is 34.3. The minimum Gasteiger partial charge on any atom is -0.352 e. The molecule has 4 aromatic rings. The molecule has 1 saturated carbocycles. The number of nitrogens with one attached hydrogen (secondary N) is 1. The van der Waals surface area contributed by atoms with E-state index in [1.807, 2.05) is 61.5 Å². The van der Waals surface area contributed by atoms with Gasteiger partial charge in [-0.05, 0) is 79.8 Å². The highest BCUT2D eigenvalue weighted by atomic mass is 79.9.